The molecule has 0 spiro atoms. The Morgan fingerprint density at radius 3 is 2.41 bits per heavy atom. The fraction of sp³-hybridized carbons (Fsp3) is 0.462. The van der Waals surface area contributed by atoms with E-state index in [-0.39, 0.29) is 5.92 Å². The summed E-state index contributed by atoms with van der Waals surface area (Å²) in [4.78, 5) is 10.6. The number of carbonyl (C=O) groups excluding carboxylic acids is 1. The number of hydrogen-bond donors (Lipinski definition) is 0. The van der Waals surface area contributed by atoms with Gasteiger partial charge in [0.1, 0.15) is 6.29 Å². The molecule has 17 heavy (non-hydrogen) atoms. The van der Waals surface area contributed by atoms with Crippen molar-refractivity contribution >= 4 is 22.2 Å². The van der Waals surface area contributed by atoms with E-state index >= 15 is 0 Å². The van der Waals surface area contributed by atoms with E-state index in [4.69, 9.17) is 9.47 Å². The molecule has 1 aromatic carbocycles. The molecule has 0 bridgehead atoms. The number of rotatable bonds is 6. The van der Waals surface area contributed by atoms with Gasteiger partial charge in [0.15, 0.2) is 11.5 Å². The van der Waals surface area contributed by atoms with Crippen LogP contribution in [0.3, 0.4) is 0 Å². The summed E-state index contributed by atoms with van der Waals surface area (Å²) in [5, 5.41) is 0. The van der Waals surface area contributed by atoms with Gasteiger partial charge in [0, 0.05) is 10.4 Å². The predicted molar refractivity (Wildman–Crippen MR) is 70.8 cm³/mol. The molecule has 0 saturated carbocycles. The van der Waals surface area contributed by atoms with E-state index < -0.39 is 0 Å². The third kappa shape index (κ3) is 3.73. The molecule has 0 saturated heterocycles. The molecule has 0 fully saturated rings. The average Bonchev–Trinajstić information content (AvgIpc) is 2.36. The average molecular weight is 301 g/mol. The van der Waals surface area contributed by atoms with Crippen LogP contribution in [0.4, 0.5) is 0 Å². The fourth-order valence-electron chi connectivity index (χ4n) is 1.54. The standard InChI is InChI=1S/C13H17BrO3/c1-9(8-15)4-5-10-6-12(16-2)13(17-3)7-11(10)14/h6-9H,4-5H2,1-3H3. The topological polar surface area (TPSA) is 35.5 Å². The smallest absolute Gasteiger partial charge is 0.161 e. The molecule has 94 valence electrons. The number of methoxy groups -OCH3 is 2. The molecule has 1 atom stereocenters. The van der Waals surface area contributed by atoms with Gasteiger partial charge in [0.05, 0.1) is 14.2 Å². The second-order valence-corrected chi connectivity index (χ2v) is 4.80. The number of ether oxygens (including phenoxy) is 2. The lowest BCUT2D eigenvalue weighted by Crippen LogP contribution is -2.00. The molecule has 0 aliphatic carbocycles. The molecule has 0 aliphatic rings. The molecule has 1 unspecified atom stereocenters. The van der Waals surface area contributed by atoms with Gasteiger partial charge in [-0.25, -0.2) is 0 Å². The van der Waals surface area contributed by atoms with Crippen molar-refractivity contribution in [2.24, 2.45) is 5.92 Å². The lowest BCUT2D eigenvalue weighted by atomic mass is 10.0. The molecule has 0 heterocycles. The maximum atomic E-state index is 10.6. The van der Waals surface area contributed by atoms with Crippen molar-refractivity contribution < 1.29 is 14.3 Å². The van der Waals surface area contributed by atoms with Gasteiger partial charge in [-0.3, -0.25) is 0 Å². The molecule has 0 radical (unpaired) electrons. The van der Waals surface area contributed by atoms with E-state index in [0.717, 1.165) is 29.2 Å². The highest BCUT2D eigenvalue weighted by Crippen LogP contribution is 2.34. The van der Waals surface area contributed by atoms with Gasteiger partial charge in [-0.05, 0) is 30.5 Å². The number of aryl methyl sites for hydroxylation is 1. The summed E-state index contributed by atoms with van der Waals surface area (Å²) >= 11 is 3.50. The van der Waals surface area contributed by atoms with E-state index in [1.54, 1.807) is 14.2 Å². The highest BCUT2D eigenvalue weighted by Gasteiger charge is 2.10. The molecule has 4 heteroatoms. The monoisotopic (exact) mass is 300 g/mol. The van der Waals surface area contributed by atoms with Gasteiger partial charge in [-0.1, -0.05) is 22.9 Å². The minimum Gasteiger partial charge on any atom is -0.493 e. The Labute approximate surface area is 110 Å². The Balaban J connectivity index is 2.88. The zero-order valence-electron chi connectivity index (χ0n) is 10.3. The Kier molecular flexibility index (Phi) is 5.48. The first-order valence-electron chi connectivity index (χ1n) is 5.48. The van der Waals surface area contributed by atoms with Crippen molar-refractivity contribution in [3.05, 3.63) is 22.2 Å². The Morgan fingerprint density at radius 2 is 1.88 bits per heavy atom. The molecular formula is C13H17BrO3. The molecule has 0 amide bonds. The Bertz CT molecular complexity index is 390. The highest BCUT2D eigenvalue weighted by molar-refractivity contribution is 9.10. The number of benzene rings is 1. The van der Waals surface area contributed by atoms with Crippen molar-refractivity contribution in [2.75, 3.05) is 14.2 Å². The molecule has 0 aromatic heterocycles. The zero-order chi connectivity index (χ0) is 12.8. The summed E-state index contributed by atoms with van der Waals surface area (Å²) in [6.07, 6.45) is 2.65. The first-order chi connectivity index (χ1) is 8.12. The summed E-state index contributed by atoms with van der Waals surface area (Å²) in [6, 6.07) is 3.83. The first kappa shape index (κ1) is 14.0. The van der Waals surface area contributed by atoms with Crippen molar-refractivity contribution in [1.29, 1.82) is 0 Å². The Morgan fingerprint density at radius 1 is 1.29 bits per heavy atom. The SMILES string of the molecule is COc1cc(Br)c(CCC(C)C=O)cc1OC. The summed E-state index contributed by atoms with van der Waals surface area (Å²) in [6.45, 7) is 1.92. The van der Waals surface area contributed by atoms with Crippen molar-refractivity contribution in [3.8, 4) is 11.5 Å². The molecule has 3 nitrogen and oxygen atoms in total. The van der Waals surface area contributed by atoms with E-state index in [0.29, 0.717) is 11.5 Å². The largest absolute Gasteiger partial charge is 0.493 e. The minimum absolute atomic E-state index is 0.0787. The van der Waals surface area contributed by atoms with Crippen LogP contribution in [0.2, 0.25) is 0 Å². The van der Waals surface area contributed by atoms with Crippen LogP contribution >= 0.6 is 15.9 Å². The minimum atomic E-state index is 0.0787. The zero-order valence-corrected chi connectivity index (χ0v) is 11.9. The van der Waals surface area contributed by atoms with Gasteiger partial charge in [-0.15, -0.1) is 0 Å². The normalized spacial score (nSPS) is 12.0. The Hall–Kier alpha value is -1.03. The van der Waals surface area contributed by atoms with Gasteiger partial charge >= 0.3 is 0 Å². The number of carbonyl (C=O) groups is 1. The van der Waals surface area contributed by atoms with Gasteiger partial charge in [-0.2, -0.15) is 0 Å². The van der Waals surface area contributed by atoms with Crippen molar-refractivity contribution in [3.63, 3.8) is 0 Å². The highest BCUT2D eigenvalue weighted by atomic mass is 79.9. The predicted octanol–water partition coefficient (Wildman–Crippen LogP) is 3.23. The van der Waals surface area contributed by atoms with Crippen LogP contribution in [-0.2, 0) is 11.2 Å². The van der Waals surface area contributed by atoms with Crippen LogP contribution in [0.1, 0.15) is 18.9 Å². The molecule has 0 N–H and O–H groups in total. The summed E-state index contributed by atoms with van der Waals surface area (Å²) in [5.74, 6) is 1.49. The molecule has 1 rings (SSSR count). The van der Waals surface area contributed by atoms with E-state index in [9.17, 15) is 4.79 Å². The number of hydrogen-bond acceptors (Lipinski definition) is 3. The quantitative estimate of drug-likeness (QED) is 0.757. The van der Waals surface area contributed by atoms with Crippen molar-refractivity contribution in [2.45, 2.75) is 19.8 Å². The van der Waals surface area contributed by atoms with E-state index in [2.05, 4.69) is 15.9 Å². The molecule has 1 aromatic rings. The third-order valence-corrected chi connectivity index (χ3v) is 3.39. The summed E-state index contributed by atoms with van der Waals surface area (Å²) < 4.78 is 11.4. The van der Waals surface area contributed by atoms with Gasteiger partial charge in [0.2, 0.25) is 0 Å². The first-order valence-corrected chi connectivity index (χ1v) is 6.27. The summed E-state index contributed by atoms with van der Waals surface area (Å²) in [7, 11) is 3.22. The van der Waals surface area contributed by atoms with Crippen LogP contribution in [0.25, 0.3) is 0 Å². The fourth-order valence-corrected chi connectivity index (χ4v) is 2.06. The van der Waals surface area contributed by atoms with Gasteiger partial charge < -0.3 is 14.3 Å². The third-order valence-electron chi connectivity index (χ3n) is 2.65. The van der Waals surface area contributed by atoms with Crippen molar-refractivity contribution in [1.82, 2.24) is 0 Å². The lowest BCUT2D eigenvalue weighted by molar-refractivity contribution is -0.110. The van der Waals surface area contributed by atoms with E-state index in [1.807, 2.05) is 19.1 Å². The molecular weight excluding hydrogens is 284 g/mol. The van der Waals surface area contributed by atoms with Crippen LogP contribution in [0, 0.1) is 5.92 Å². The number of halogens is 1. The molecule has 0 aliphatic heterocycles. The second-order valence-electron chi connectivity index (χ2n) is 3.95. The van der Waals surface area contributed by atoms with Crippen LogP contribution in [-0.4, -0.2) is 20.5 Å². The second kappa shape index (κ2) is 6.64. The van der Waals surface area contributed by atoms with E-state index in [1.165, 1.54) is 0 Å². The number of aldehydes is 1. The maximum Gasteiger partial charge on any atom is 0.161 e. The van der Waals surface area contributed by atoms with Gasteiger partial charge in [0.25, 0.3) is 0 Å². The van der Waals surface area contributed by atoms with Crippen LogP contribution < -0.4 is 9.47 Å². The summed E-state index contributed by atoms with van der Waals surface area (Å²) in [5.41, 5.74) is 1.12. The van der Waals surface area contributed by atoms with Crippen LogP contribution in [0.15, 0.2) is 16.6 Å². The van der Waals surface area contributed by atoms with Crippen LogP contribution in [0.5, 0.6) is 11.5 Å². The maximum absolute atomic E-state index is 10.6. The lowest BCUT2D eigenvalue weighted by Gasteiger charge is -2.12.